The van der Waals surface area contributed by atoms with E-state index in [0.717, 1.165) is 36.0 Å². The number of nitrogens with one attached hydrogen (secondary N) is 1. The molecule has 1 amide bonds. The molecule has 0 atom stereocenters. The van der Waals surface area contributed by atoms with Crippen LogP contribution in [0.3, 0.4) is 0 Å². The van der Waals surface area contributed by atoms with Crippen molar-refractivity contribution in [1.82, 2.24) is 5.32 Å². The van der Waals surface area contributed by atoms with Gasteiger partial charge in [0.1, 0.15) is 5.75 Å². The van der Waals surface area contributed by atoms with E-state index in [1.54, 1.807) is 13.2 Å². The zero-order chi connectivity index (χ0) is 15.5. The van der Waals surface area contributed by atoms with Crippen molar-refractivity contribution in [2.24, 2.45) is 0 Å². The lowest BCUT2D eigenvalue weighted by Crippen LogP contribution is -2.36. The van der Waals surface area contributed by atoms with Gasteiger partial charge < -0.3 is 10.1 Å². The molecule has 1 aliphatic rings. The van der Waals surface area contributed by atoms with Gasteiger partial charge in [0, 0.05) is 6.54 Å². The number of ether oxygens (including phenoxy) is 1. The van der Waals surface area contributed by atoms with Crippen LogP contribution in [0, 0.1) is 0 Å². The average Bonchev–Trinajstić information content (AvgIpc) is 2.45. The summed E-state index contributed by atoms with van der Waals surface area (Å²) < 4.78 is 41.5. The summed E-state index contributed by atoms with van der Waals surface area (Å²) >= 11 is 0. The topological polar surface area (TPSA) is 38.3 Å². The number of benzene rings is 1. The lowest BCUT2D eigenvalue weighted by molar-refractivity contribution is -0.173. The lowest BCUT2D eigenvalue weighted by atomic mass is 9.87. The molecule has 0 unspecified atom stereocenters. The Bertz CT molecular complexity index is 565. The molecule has 3 nitrogen and oxygen atoms in total. The normalized spacial score (nSPS) is 16.5. The molecule has 114 valence electrons. The zero-order valence-corrected chi connectivity index (χ0v) is 11.6. The highest BCUT2D eigenvalue weighted by molar-refractivity contribution is 5.82. The first kappa shape index (κ1) is 15.4. The molecule has 0 saturated carbocycles. The van der Waals surface area contributed by atoms with Crippen molar-refractivity contribution in [1.29, 1.82) is 0 Å². The van der Waals surface area contributed by atoms with Gasteiger partial charge in [0.25, 0.3) is 0 Å². The first-order valence-electron chi connectivity index (χ1n) is 6.63. The number of halogens is 3. The Balaban J connectivity index is 2.12. The minimum Gasteiger partial charge on any atom is -0.497 e. The van der Waals surface area contributed by atoms with Crippen LogP contribution in [0.15, 0.2) is 24.3 Å². The first-order chi connectivity index (χ1) is 9.91. The molecule has 1 N–H and O–H groups in total. The molecule has 1 aromatic carbocycles. The Morgan fingerprint density at radius 3 is 2.81 bits per heavy atom. The summed E-state index contributed by atoms with van der Waals surface area (Å²) in [7, 11) is 1.57. The zero-order valence-electron chi connectivity index (χ0n) is 11.6. The van der Waals surface area contributed by atoms with E-state index in [4.69, 9.17) is 4.74 Å². The molecule has 0 saturated heterocycles. The van der Waals surface area contributed by atoms with E-state index in [-0.39, 0.29) is 6.54 Å². The summed E-state index contributed by atoms with van der Waals surface area (Å²) in [5, 5.41) is 1.86. The number of alkyl halides is 3. The van der Waals surface area contributed by atoms with Crippen LogP contribution in [0.2, 0.25) is 0 Å². The molecule has 0 aliphatic heterocycles. The summed E-state index contributed by atoms with van der Waals surface area (Å²) in [5.74, 6) is -1.21. The van der Waals surface area contributed by atoms with E-state index in [2.05, 4.69) is 0 Å². The summed E-state index contributed by atoms with van der Waals surface area (Å²) in [5.41, 5.74) is 3.08. The third kappa shape index (κ3) is 3.77. The van der Waals surface area contributed by atoms with Gasteiger partial charge >= 0.3 is 12.1 Å². The Hall–Kier alpha value is -1.98. The number of carbonyl (C=O) groups excluding carboxylic acids is 1. The van der Waals surface area contributed by atoms with Crippen LogP contribution in [0.1, 0.15) is 24.0 Å². The van der Waals surface area contributed by atoms with Crippen LogP contribution in [-0.2, 0) is 11.2 Å². The number of amides is 1. The predicted molar refractivity (Wildman–Crippen MR) is 73.0 cm³/mol. The number of methoxy groups -OCH3 is 1. The molecule has 0 radical (unpaired) electrons. The van der Waals surface area contributed by atoms with Crippen molar-refractivity contribution < 1.29 is 22.7 Å². The number of rotatable bonds is 3. The van der Waals surface area contributed by atoms with Crippen LogP contribution in [0.4, 0.5) is 13.2 Å². The number of hydrogen-bond acceptors (Lipinski definition) is 2. The van der Waals surface area contributed by atoms with Crippen LogP contribution in [0.5, 0.6) is 5.75 Å². The molecule has 0 bridgehead atoms. The van der Waals surface area contributed by atoms with E-state index >= 15 is 0 Å². The molecule has 1 aliphatic carbocycles. The van der Waals surface area contributed by atoms with Crippen molar-refractivity contribution >= 4 is 11.5 Å². The maximum atomic E-state index is 12.1. The lowest BCUT2D eigenvalue weighted by Gasteiger charge is -2.20. The van der Waals surface area contributed by atoms with E-state index < -0.39 is 12.1 Å². The van der Waals surface area contributed by atoms with Gasteiger partial charge in [-0.15, -0.1) is 0 Å². The molecular weight excluding hydrogens is 283 g/mol. The first-order valence-corrected chi connectivity index (χ1v) is 6.63. The SMILES string of the molecule is COc1ccc2c(c1)/C(=C/CNC(=O)C(F)(F)F)CCC2. The monoisotopic (exact) mass is 299 g/mol. The van der Waals surface area contributed by atoms with Gasteiger partial charge in [-0.25, -0.2) is 0 Å². The van der Waals surface area contributed by atoms with Gasteiger partial charge in [-0.3, -0.25) is 4.79 Å². The quantitative estimate of drug-likeness (QED) is 0.931. The van der Waals surface area contributed by atoms with Crippen molar-refractivity contribution in [3.8, 4) is 5.75 Å². The van der Waals surface area contributed by atoms with Crippen molar-refractivity contribution in [2.45, 2.75) is 25.4 Å². The fourth-order valence-corrected chi connectivity index (χ4v) is 2.38. The second-order valence-electron chi connectivity index (χ2n) is 4.81. The molecule has 1 aromatic rings. The average molecular weight is 299 g/mol. The molecule has 6 heteroatoms. The molecule has 21 heavy (non-hydrogen) atoms. The highest BCUT2D eigenvalue weighted by atomic mass is 19.4. The van der Waals surface area contributed by atoms with Crippen LogP contribution in [0.25, 0.3) is 5.57 Å². The van der Waals surface area contributed by atoms with Crippen molar-refractivity contribution in [3.63, 3.8) is 0 Å². The Kier molecular flexibility index (Phi) is 4.55. The van der Waals surface area contributed by atoms with Gasteiger partial charge in [0.15, 0.2) is 0 Å². The number of carbonyl (C=O) groups is 1. The standard InChI is InChI=1S/C15H16F3NO2/c1-21-12-6-5-10-3-2-4-11(13(10)9-12)7-8-19-14(20)15(16,17)18/h5-7,9H,2-4,8H2,1H3,(H,19,20)/b11-7+. The molecule has 0 spiro atoms. The summed E-state index contributed by atoms with van der Waals surface area (Å²) in [6.07, 6.45) is -0.542. The number of aryl methyl sites for hydroxylation is 1. The van der Waals surface area contributed by atoms with Gasteiger partial charge in [-0.1, -0.05) is 12.1 Å². The smallest absolute Gasteiger partial charge is 0.471 e. The van der Waals surface area contributed by atoms with Crippen LogP contribution < -0.4 is 10.1 Å². The summed E-state index contributed by atoms with van der Waals surface area (Å²) in [6, 6.07) is 5.72. The van der Waals surface area contributed by atoms with E-state index in [1.807, 2.05) is 23.5 Å². The number of allylic oxidation sites excluding steroid dienone is 1. The molecular formula is C15H16F3NO2. The molecule has 0 fully saturated rings. The second-order valence-corrected chi connectivity index (χ2v) is 4.81. The second kappa shape index (κ2) is 6.20. The van der Waals surface area contributed by atoms with Gasteiger partial charge in [-0.2, -0.15) is 13.2 Å². The van der Waals surface area contributed by atoms with Gasteiger partial charge in [0.05, 0.1) is 7.11 Å². The van der Waals surface area contributed by atoms with Crippen LogP contribution in [-0.4, -0.2) is 25.7 Å². The molecule has 0 aromatic heterocycles. The van der Waals surface area contributed by atoms with Crippen LogP contribution >= 0.6 is 0 Å². The largest absolute Gasteiger partial charge is 0.497 e. The van der Waals surface area contributed by atoms with E-state index in [0.29, 0.717) is 5.75 Å². The van der Waals surface area contributed by atoms with E-state index in [9.17, 15) is 18.0 Å². The Morgan fingerprint density at radius 2 is 2.14 bits per heavy atom. The summed E-state index contributed by atoms with van der Waals surface area (Å²) in [6.45, 7) is -0.135. The van der Waals surface area contributed by atoms with Gasteiger partial charge in [-0.05, 0) is 48.1 Å². The third-order valence-corrected chi connectivity index (χ3v) is 3.42. The minimum absolute atomic E-state index is 0.135. The number of fused-ring (bicyclic) bond motifs is 1. The maximum absolute atomic E-state index is 12.1. The highest BCUT2D eigenvalue weighted by Crippen LogP contribution is 2.33. The predicted octanol–water partition coefficient (Wildman–Crippen LogP) is 3.09. The minimum atomic E-state index is -4.84. The summed E-state index contributed by atoms with van der Waals surface area (Å²) in [4.78, 5) is 10.8. The van der Waals surface area contributed by atoms with Crippen molar-refractivity contribution in [3.05, 3.63) is 35.4 Å². The Labute approximate surface area is 120 Å². The third-order valence-electron chi connectivity index (χ3n) is 3.42. The van der Waals surface area contributed by atoms with Crippen molar-refractivity contribution in [2.75, 3.05) is 13.7 Å². The molecule has 0 heterocycles. The fraction of sp³-hybridized carbons (Fsp3) is 0.400. The molecule has 2 rings (SSSR count). The maximum Gasteiger partial charge on any atom is 0.471 e. The Morgan fingerprint density at radius 1 is 1.38 bits per heavy atom. The number of hydrogen-bond donors (Lipinski definition) is 1. The van der Waals surface area contributed by atoms with Gasteiger partial charge in [0.2, 0.25) is 0 Å². The fourth-order valence-electron chi connectivity index (χ4n) is 2.38. The van der Waals surface area contributed by atoms with E-state index in [1.165, 1.54) is 0 Å². The highest BCUT2D eigenvalue weighted by Gasteiger charge is 2.38.